The minimum atomic E-state index is 0. The van der Waals surface area contributed by atoms with Gasteiger partial charge in [0, 0.05) is 44.9 Å². The van der Waals surface area contributed by atoms with Gasteiger partial charge in [-0.2, -0.15) is 0 Å². The fraction of sp³-hybridized carbons (Fsp3) is 0.944. The monoisotopic (exact) mass is 452 g/mol. The molecule has 1 saturated carbocycles. The van der Waals surface area contributed by atoms with Crippen LogP contribution in [0.25, 0.3) is 0 Å². The first-order chi connectivity index (χ1) is 11.2. The molecule has 0 aromatic carbocycles. The summed E-state index contributed by atoms with van der Waals surface area (Å²) >= 11 is 0. The lowest BCUT2D eigenvalue weighted by atomic mass is 10.2. The van der Waals surface area contributed by atoms with E-state index in [-0.39, 0.29) is 24.0 Å². The van der Waals surface area contributed by atoms with Crippen molar-refractivity contribution in [3.05, 3.63) is 0 Å². The molecule has 1 heterocycles. The molecule has 1 aliphatic heterocycles. The molecule has 142 valence electrons. The van der Waals surface area contributed by atoms with E-state index < -0.39 is 0 Å². The lowest BCUT2D eigenvalue weighted by Crippen LogP contribution is -2.45. The van der Waals surface area contributed by atoms with E-state index in [1.54, 1.807) is 0 Å². The Bertz CT molecular complexity index is 359. The average Bonchev–Trinajstić information content (AvgIpc) is 3.17. The van der Waals surface area contributed by atoms with Gasteiger partial charge in [0.25, 0.3) is 0 Å². The van der Waals surface area contributed by atoms with E-state index in [2.05, 4.69) is 36.3 Å². The second-order valence-corrected chi connectivity index (χ2v) is 7.10. The zero-order chi connectivity index (χ0) is 16.5. The number of halogens is 1. The molecule has 2 rings (SSSR count). The van der Waals surface area contributed by atoms with Crippen LogP contribution >= 0.6 is 24.0 Å². The number of nitrogens with zero attached hydrogens (tertiary/aromatic N) is 2. The summed E-state index contributed by atoms with van der Waals surface area (Å²) in [5.41, 5.74) is 0. The van der Waals surface area contributed by atoms with Crippen LogP contribution < -0.4 is 10.6 Å². The molecule has 2 aliphatic rings. The number of guanidine groups is 1. The Morgan fingerprint density at radius 1 is 1.25 bits per heavy atom. The molecule has 1 saturated heterocycles. The molecule has 0 aromatic rings. The van der Waals surface area contributed by atoms with E-state index in [0.29, 0.717) is 12.1 Å². The molecule has 0 amide bonds. The van der Waals surface area contributed by atoms with E-state index in [1.165, 1.54) is 45.2 Å². The van der Waals surface area contributed by atoms with Gasteiger partial charge in [0.05, 0.1) is 6.10 Å². The molecule has 6 heteroatoms. The fourth-order valence-electron chi connectivity index (χ4n) is 3.59. The van der Waals surface area contributed by atoms with Gasteiger partial charge in [-0.3, -0.25) is 9.89 Å². The molecule has 1 unspecified atom stereocenters. The molecule has 2 fully saturated rings. The van der Waals surface area contributed by atoms with Crippen molar-refractivity contribution < 1.29 is 4.74 Å². The highest BCUT2D eigenvalue weighted by Gasteiger charge is 2.30. The smallest absolute Gasteiger partial charge is 0.191 e. The Hall–Kier alpha value is -0.0800. The lowest BCUT2D eigenvalue weighted by molar-refractivity contribution is 0.0782. The van der Waals surface area contributed by atoms with Gasteiger partial charge in [-0.25, -0.2) is 0 Å². The van der Waals surface area contributed by atoms with E-state index >= 15 is 0 Å². The maximum absolute atomic E-state index is 5.57. The largest absolute Gasteiger partial charge is 0.379 e. The minimum absolute atomic E-state index is 0. The molecule has 5 nitrogen and oxygen atoms in total. The highest BCUT2D eigenvalue weighted by molar-refractivity contribution is 14.0. The molecule has 0 radical (unpaired) electrons. The van der Waals surface area contributed by atoms with E-state index in [4.69, 9.17) is 9.73 Å². The standard InChI is InChI=1S/C18H36N4O.HI/c1-4-19-18(20-11-7-13-23-15(2)3)21-16-10-12-22(14-16)17-8-5-6-9-17;/h15-17H,4-14H2,1-3H3,(H2,19,20,21);1H. The van der Waals surface area contributed by atoms with E-state index in [9.17, 15) is 0 Å². The van der Waals surface area contributed by atoms with Crippen molar-refractivity contribution in [1.82, 2.24) is 15.5 Å². The first-order valence-electron chi connectivity index (χ1n) is 9.59. The highest BCUT2D eigenvalue weighted by atomic mass is 127. The zero-order valence-electron chi connectivity index (χ0n) is 15.7. The molecule has 1 aliphatic carbocycles. The average molecular weight is 452 g/mol. The van der Waals surface area contributed by atoms with Crippen molar-refractivity contribution in [2.75, 3.05) is 32.8 Å². The van der Waals surface area contributed by atoms with Crippen LogP contribution in [0.3, 0.4) is 0 Å². The zero-order valence-corrected chi connectivity index (χ0v) is 18.1. The maximum atomic E-state index is 5.57. The summed E-state index contributed by atoms with van der Waals surface area (Å²) in [6.07, 6.45) is 8.16. The van der Waals surface area contributed by atoms with Gasteiger partial charge in [-0.1, -0.05) is 12.8 Å². The molecule has 0 bridgehead atoms. The number of likely N-dealkylation sites (tertiary alicyclic amines) is 1. The highest BCUT2D eigenvalue weighted by Crippen LogP contribution is 2.26. The predicted octanol–water partition coefficient (Wildman–Crippen LogP) is 2.99. The Morgan fingerprint density at radius 2 is 2.00 bits per heavy atom. The normalized spacial score (nSPS) is 22.8. The van der Waals surface area contributed by atoms with Crippen molar-refractivity contribution in [2.45, 2.75) is 77.5 Å². The third kappa shape index (κ3) is 7.87. The molecule has 24 heavy (non-hydrogen) atoms. The van der Waals surface area contributed by atoms with Crippen LogP contribution in [0.1, 0.15) is 59.3 Å². The summed E-state index contributed by atoms with van der Waals surface area (Å²) in [6.45, 7) is 11.2. The Kier molecular flexibility index (Phi) is 11.3. The predicted molar refractivity (Wildman–Crippen MR) is 112 cm³/mol. The minimum Gasteiger partial charge on any atom is -0.379 e. The van der Waals surface area contributed by atoms with Gasteiger partial charge in [0.2, 0.25) is 0 Å². The van der Waals surface area contributed by atoms with Gasteiger partial charge in [-0.15, -0.1) is 24.0 Å². The van der Waals surface area contributed by atoms with Crippen LogP contribution in [0.2, 0.25) is 0 Å². The second kappa shape index (κ2) is 12.3. The van der Waals surface area contributed by atoms with Crippen molar-refractivity contribution in [3.8, 4) is 0 Å². The van der Waals surface area contributed by atoms with Crippen LogP contribution in [0.4, 0.5) is 0 Å². The Balaban J connectivity index is 0.00000288. The van der Waals surface area contributed by atoms with Crippen molar-refractivity contribution in [2.24, 2.45) is 4.99 Å². The van der Waals surface area contributed by atoms with Crippen LogP contribution in [0.5, 0.6) is 0 Å². The van der Waals surface area contributed by atoms with Crippen LogP contribution in [0, 0.1) is 0 Å². The number of hydrogen-bond acceptors (Lipinski definition) is 3. The number of hydrogen-bond donors (Lipinski definition) is 2. The van der Waals surface area contributed by atoms with Crippen LogP contribution in [-0.4, -0.2) is 61.8 Å². The number of ether oxygens (including phenoxy) is 1. The molecule has 2 N–H and O–H groups in total. The Labute approximate surface area is 165 Å². The second-order valence-electron chi connectivity index (χ2n) is 7.10. The van der Waals surface area contributed by atoms with Gasteiger partial charge < -0.3 is 15.4 Å². The van der Waals surface area contributed by atoms with Crippen molar-refractivity contribution in [1.29, 1.82) is 0 Å². The molecule has 0 aromatic heterocycles. The van der Waals surface area contributed by atoms with Gasteiger partial charge >= 0.3 is 0 Å². The summed E-state index contributed by atoms with van der Waals surface area (Å²) in [4.78, 5) is 7.38. The quantitative estimate of drug-likeness (QED) is 0.257. The van der Waals surface area contributed by atoms with Crippen LogP contribution in [0.15, 0.2) is 4.99 Å². The number of aliphatic imine (C=N–C) groups is 1. The lowest BCUT2D eigenvalue weighted by Gasteiger charge is -2.24. The molecule has 1 atom stereocenters. The topological polar surface area (TPSA) is 48.9 Å². The van der Waals surface area contributed by atoms with Gasteiger partial charge in [0.1, 0.15) is 0 Å². The molecule has 0 spiro atoms. The third-order valence-electron chi connectivity index (χ3n) is 4.77. The van der Waals surface area contributed by atoms with E-state index in [1.807, 2.05) is 0 Å². The van der Waals surface area contributed by atoms with Crippen molar-refractivity contribution in [3.63, 3.8) is 0 Å². The number of nitrogens with one attached hydrogen (secondary N) is 2. The fourth-order valence-corrected chi connectivity index (χ4v) is 3.59. The number of rotatable bonds is 8. The maximum Gasteiger partial charge on any atom is 0.191 e. The van der Waals surface area contributed by atoms with E-state index in [0.717, 1.165) is 38.1 Å². The first kappa shape index (κ1) is 22.0. The SMILES string of the molecule is CCNC(=NCCCOC(C)C)NC1CCN(C2CCCC2)C1.I. The molecular formula is C18H37IN4O. The van der Waals surface area contributed by atoms with Gasteiger partial charge in [0.15, 0.2) is 5.96 Å². The van der Waals surface area contributed by atoms with Gasteiger partial charge in [-0.05, 0) is 46.5 Å². The third-order valence-corrected chi connectivity index (χ3v) is 4.77. The summed E-state index contributed by atoms with van der Waals surface area (Å²) in [7, 11) is 0. The van der Waals surface area contributed by atoms with Crippen LogP contribution in [-0.2, 0) is 4.74 Å². The first-order valence-corrected chi connectivity index (χ1v) is 9.59. The molecular weight excluding hydrogens is 415 g/mol. The van der Waals surface area contributed by atoms with Crippen molar-refractivity contribution >= 4 is 29.9 Å². The Morgan fingerprint density at radius 3 is 2.67 bits per heavy atom. The summed E-state index contributed by atoms with van der Waals surface area (Å²) in [6, 6.07) is 1.38. The summed E-state index contributed by atoms with van der Waals surface area (Å²) < 4.78 is 5.57. The summed E-state index contributed by atoms with van der Waals surface area (Å²) in [5.74, 6) is 0.968. The summed E-state index contributed by atoms with van der Waals surface area (Å²) in [5, 5.41) is 7.00.